The predicted octanol–water partition coefficient (Wildman–Crippen LogP) is 3.30. The van der Waals surface area contributed by atoms with E-state index in [0.29, 0.717) is 29.7 Å². The van der Waals surface area contributed by atoms with Gasteiger partial charge in [-0.3, -0.25) is 9.13 Å². The Morgan fingerprint density at radius 2 is 2.07 bits per heavy atom. The van der Waals surface area contributed by atoms with Gasteiger partial charge in [0.2, 0.25) is 0 Å². The Hall–Kier alpha value is -2.89. The Labute approximate surface area is 165 Å². The number of anilines is 2. The second-order valence-corrected chi connectivity index (χ2v) is 7.51. The molecule has 7 nitrogen and oxygen atoms in total. The van der Waals surface area contributed by atoms with Crippen LogP contribution in [0.5, 0.6) is 0 Å². The van der Waals surface area contributed by atoms with Crippen molar-refractivity contribution in [1.82, 2.24) is 14.1 Å². The van der Waals surface area contributed by atoms with Gasteiger partial charge < -0.3 is 10.4 Å². The van der Waals surface area contributed by atoms with Crippen LogP contribution in [0.2, 0.25) is 5.15 Å². The summed E-state index contributed by atoms with van der Waals surface area (Å²) in [4.78, 5) is 16.4. The minimum absolute atomic E-state index is 0.0521. The van der Waals surface area contributed by atoms with Crippen LogP contribution >= 0.6 is 11.6 Å². The third kappa shape index (κ3) is 3.86. The number of pyridine rings is 1. The fourth-order valence-electron chi connectivity index (χ4n) is 2.86. The van der Waals surface area contributed by atoms with E-state index < -0.39 is 11.4 Å². The number of hydrogen-bond acceptors (Lipinski definition) is 5. The molecule has 0 radical (unpaired) electrons. The Kier molecular flexibility index (Phi) is 5.15. The van der Waals surface area contributed by atoms with Gasteiger partial charge in [-0.15, -0.1) is 0 Å². The average Bonchev–Trinajstić information content (AvgIpc) is 2.86. The quantitative estimate of drug-likeness (QED) is 0.637. The van der Waals surface area contributed by atoms with Crippen molar-refractivity contribution in [2.45, 2.75) is 32.4 Å². The van der Waals surface area contributed by atoms with Gasteiger partial charge >= 0.3 is 5.69 Å². The second kappa shape index (κ2) is 7.26. The normalized spacial score (nSPS) is 11.6. The molecule has 0 aliphatic carbocycles. The molecule has 0 spiro atoms. The standard InChI is InChI=1S/C19H19ClFN5O2/c1-19(2,28)6-7-26-15-9-12(4-5-14(15)25(3)18(26)27)23-17-13(21)8-11(10-22)16(20)24-17/h4-5,8-9,28H,6-7H2,1-3H3,(H,23,24). The van der Waals surface area contributed by atoms with Gasteiger partial charge in [0.25, 0.3) is 0 Å². The van der Waals surface area contributed by atoms with Crippen molar-refractivity contribution in [2.24, 2.45) is 7.05 Å². The summed E-state index contributed by atoms with van der Waals surface area (Å²) in [6, 6.07) is 7.91. The molecule has 3 aromatic rings. The van der Waals surface area contributed by atoms with Crippen molar-refractivity contribution < 1.29 is 9.50 Å². The summed E-state index contributed by atoms with van der Waals surface area (Å²) in [6.07, 6.45) is 0.394. The maximum atomic E-state index is 14.2. The lowest BCUT2D eigenvalue weighted by Gasteiger charge is -2.17. The zero-order valence-electron chi connectivity index (χ0n) is 15.6. The van der Waals surface area contributed by atoms with Crippen LogP contribution in [0.15, 0.2) is 29.1 Å². The van der Waals surface area contributed by atoms with Crippen molar-refractivity contribution in [3.8, 4) is 6.07 Å². The van der Waals surface area contributed by atoms with Gasteiger partial charge in [-0.05, 0) is 44.5 Å². The van der Waals surface area contributed by atoms with Gasteiger partial charge in [0.05, 0.1) is 22.2 Å². The average molecular weight is 404 g/mol. The predicted molar refractivity (Wildman–Crippen MR) is 105 cm³/mol. The monoisotopic (exact) mass is 403 g/mol. The highest BCUT2D eigenvalue weighted by Crippen LogP contribution is 2.25. The highest BCUT2D eigenvalue weighted by atomic mass is 35.5. The van der Waals surface area contributed by atoms with Crippen LogP contribution in [0.3, 0.4) is 0 Å². The topological polar surface area (TPSA) is 95.9 Å². The molecule has 0 saturated carbocycles. The Morgan fingerprint density at radius 3 is 2.71 bits per heavy atom. The van der Waals surface area contributed by atoms with E-state index in [4.69, 9.17) is 16.9 Å². The summed E-state index contributed by atoms with van der Waals surface area (Å²) in [6.45, 7) is 3.69. The Bertz CT molecular complexity index is 1150. The largest absolute Gasteiger partial charge is 0.390 e. The Balaban J connectivity index is 2.01. The molecule has 28 heavy (non-hydrogen) atoms. The number of benzene rings is 1. The fraction of sp³-hybridized carbons (Fsp3) is 0.316. The number of nitriles is 1. The van der Waals surface area contributed by atoms with E-state index >= 15 is 0 Å². The summed E-state index contributed by atoms with van der Waals surface area (Å²) in [5.41, 5.74) is 0.677. The Morgan fingerprint density at radius 1 is 1.36 bits per heavy atom. The lowest BCUT2D eigenvalue weighted by molar-refractivity contribution is 0.0662. The number of halogens is 2. The molecule has 1 aromatic carbocycles. The van der Waals surface area contributed by atoms with Gasteiger partial charge in [0.1, 0.15) is 11.2 Å². The van der Waals surface area contributed by atoms with E-state index in [-0.39, 0.29) is 22.2 Å². The van der Waals surface area contributed by atoms with Crippen molar-refractivity contribution in [2.75, 3.05) is 5.32 Å². The minimum atomic E-state index is -0.913. The van der Waals surface area contributed by atoms with Crippen molar-refractivity contribution in [3.05, 3.63) is 51.3 Å². The molecule has 2 aromatic heterocycles. The first-order chi connectivity index (χ1) is 13.1. The van der Waals surface area contributed by atoms with E-state index in [9.17, 15) is 14.3 Å². The lowest BCUT2D eigenvalue weighted by atomic mass is 10.1. The van der Waals surface area contributed by atoms with Gasteiger partial charge in [0, 0.05) is 19.3 Å². The van der Waals surface area contributed by atoms with Gasteiger partial charge in [0.15, 0.2) is 11.6 Å². The molecule has 0 atom stereocenters. The SMILES string of the molecule is Cn1c(=O)n(CCC(C)(C)O)c2cc(Nc3nc(Cl)c(C#N)cc3F)ccc21. The molecule has 0 saturated heterocycles. The van der Waals surface area contributed by atoms with Crippen LogP contribution in [0, 0.1) is 17.1 Å². The van der Waals surface area contributed by atoms with Crippen molar-refractivity contribution in [1.29, 1.82) is 5.26 Å². The number of nitrogens with one attached hydrogen (secondary N) is 1. The van der Waals surface area contributed by atoms with E-state index in [0.717, 1.165) is 6.07 Å². The van der Waals surface area contributed by atoms with Gasteiger partial charge in [-0.1, -0.05) is 11.6 Å². The molecule has 146 valence electrons. The smallest absolute Gasteiger partial charge is 0.328 e. The number of rotatable bonds is 5. The van der Waals surface area contributed by atoms with E-state index in [1.54, 1.807) is 49.7 Å². The maximum absolute atomic E-state index is 14.2. The highest BCUT2D eigenvalue weighted by molar-refractivity contribution is 6.30. The molecule has 0 amide bonds. The fourth-order valence-corrected chi connectivity index (χ4v) is 3.04. The zero-order chi connectivity index (χ0) is 20.6. The zero-order valence-corrected chi connectivity index (χ0v) is 16.4. The van der Waals surface area contributed by atoms with Crippen molar-refractivity contribution >= 4 is 34.1 Å². The summed E-state index contributed by atoms with van der Waals surface area (Å²) in [5, 5.41) is 21.6. The first kappa shape index (κ1) is 19.9. The number of imidazole rings is 1. The summed E-state index contributed by atoms with van der Waals surface area (Å²) < 4.78 is 17.3. The number of aryl methyl sites for hydroxylation is 2. The van der Waals surface area contributed by atoms with E-state index in [1.165, 1.54) is 4.57 Å². The van der Waals surface area contributed by atoms with Crippen LogP contribution in [0.25, 0.3) is 11.0 Å². The number of fused-ring (bicyclic) bond motifs is 1. The summed E-state index contributed by atoms with van der Waals surface area (Å²) in [7, 11) is 1.67. The molecule has 2 heterocycles. The first-order valence-electron chi connectivity index (χ1n) is 8.55. The molecule has 3 rings (SSSR count). The van der Waals surface area contributed by atoms with Crippen molar-refractivity contribution in [3.63, 3.8) is 0 Å². The minimum Gasteiger partial charge on any atom is -0.390 e. The molecular formula is C19H19ClFN5O2. The molecular weight excluding hydrogens is 385 g/mol. The third-order valence-electron chi connectivity index (χ3n) is 4.41. The number of aliphatic hydroxyl groups is 1. The molecule has 0 aliphatic heterocycles. The molecule has 0 aliphatic rings. The maximum Gasteiger partial charge on any atom is 0.328 e. The number of aromatic nitrogens is 3. The third-order valence-corrected chi connectivity index (χ3v) is 4.69. The molecule has 0 fully saturated rings. The van der Waals surface area contributed by atoms with Crippen LogP contribution in [-0.4, -0.2) is 24.8 Å². The molecule has 9 heteroatoms. The highest BCUT2D eigenvalue weighted by Gasteiger charge is 2.17. The second-order valence-electron chi connectivity index (χ2n) is 7.15. The van der Waals surface area contributed by atoms with Crippen LogP contribution in [0.4, 0.5) is 15.9 Å². The molecule has 0 bridgehead atoms. The molecule has 2 N–H and O–H groups in total. The number of nitrogens with zero attached hydrogens (tertiary/aromatic N) is 4. The summed E-state index contributed by atoms with van der Waals surface area (Å²) >= 11 is 5.88. The lowest BCUT2D eigenvalue weighted by Crippen LogP contribution is -2.27. The van der Waals surface area contributed by atoms with E-state index in [1.807, 2.05) is 0 Å². The molecule has 0 unspecified atom stereocenters. The van der Waals surface area contributed by atoms with Gasteiger partial charge in [-0.2, -0.15) is 5.26 Å². The first-order valence-corrected chi connectivity index (χ1v) is 8.93. The van der Waals surface area contributed by atoms with Crippen LogP contribution in [-0.2, 0) is 13.6 Å². The van der Waals surface area contributed by atoms with Gasteiger partial charge in [-0.25, -0.2) is 14.2 Å². The van der Waals surface area contributed by atoms with E-state index in [2.05, 4.69) is 10.3 Å². The number of hydrogen-bond donors (Lipinski definition) is 2. The summed E-state index contributed by atoms with van der Waals surface area (Å²) in [5.74, 6) is -0.835. The van der Waals surface area contributed by atoms with Crippen LogP contribution < -0.4 is 11.0 Å². The van der Waals surface area contributed by atoms with Crippen LogP contribution in [0.1, 0.15) is 25.8 Å².